The zero-order chi connectivity index (χ0) is 16.7. The molecule has 0 aliphatic carbocycles. The van der Waals surface area contributed by atoms with Gasteiger partial charge in [-0.15, -0.1) is 0 Å². The van der Waals surface area contributed by atoms with Crippen LogP contribution in [-0.4, -0.2) is 23.3 Å². The summed E-state index contributed by atoms with van der Waals surface area (Å²) in [7, 11) is 0. The molecule has 2 aromatic carbocycles. The van der Waals surface area contributed by atoms with Gasteiger partial charge in [0, 0.05) is 20.0 Å². The Labute approximate surface area is 134 Å². The summed E-state index contributed by atoms with van der Waals surface area (Å²) >= 11 is 0. The summed E-state index contributed by atoms with van der Waals surface area (Å²) in [4.78, 5) is 25.1. The summed E-state index contributed by atoms with van der Waals surface area (Å²) in [6.07, 6.45) is 0. The first-order chi connectivity index (χ1) is 11.0. The average Bonchev–Trinajstić information content (AvgIpc) is 2.55. The highest BCUT2D eigenvalue weighted by Crippen LogP contribution is 2.07. The van der Waals surface area contributed by atoms with Crippen molar-refractivity contribution < 1.29 is 14.0 Å². The van der Waals surface area contributed by atoms with Crippen molar-refractivity contribution in [2.24, 2.45) is 0 Å². The lowest BCUT2D eigenvalue weighted by Crippen LogP contribution is -2.39. The molecule has 0 aromatic heterocycles. The Morgan fingerprint density at radius 3 is 2.26 bits per heavy atom. The van der Waals surface area contributed by atoms with Gasteiger partial charge in [0.2, 0.25) is 11.8 Å². The second-order valence-electron chi connectivity index (χ2n) is 5.26. The predicted molar refractivity (Wildman–Crippen MR) is 85.8 cm³/mol. The van der Waals surface area contributed by atoms with Gasteiger partial charge in [0.05, 0.1) is 6.54 Å². The summed E-state index contributed by atoms with van der Waals surface area (Å²) in [5, 5.41) is 2.79. The van der Waals surface area contributed by atoms with Crippen LogP contribution >= 0.6 is 0 Å². The van der Waals surface area contributed by atoms with Crippen LogP contribution in [-0.2, 0) is 22.7 Å². The SMILES string of the molecule is CC(=O)N(CC(=O)NCc1ccccc1)Cc1ccc(F)cc1. The minimum absolute atomic E-state index is 0.0282. The number of carbonyl (C=O) groups excluding carboxylic acids is 2. The van der Waals surface area contributed by atoms with Crippen molar-refractivity contribution in [2.75, 3.05) is 6.54 Å². The molecule has 4 nitrogen and oxygen atoms in total. The zero-order valence-corrected chi connectivity index (χ0v) is 13.0. The summed E-state index contributed by atoms with van der Waals surface area (Å²) in [6, 6.07) is 15.4. The maximum Gasteiger partial charge on any atom is 0.239 e. The standard InChI is InChI=1S/C18H19FN2O2/c1-14(22)21(12-16-7-9-17(19)10-8-16)13-18(23)20-11-15-5-3-2-4-6-15/h2-10H,11-13H2,1H3,(H,20,23). The molecule has 2 rings (SSSR count). The average molecular weight is 314 g/mol. The summed E-state index contributed by atoms with van der Waals surface area (Å²) in [5.74, 6) is -0.765. The number of benzene rings is 2. The molecule has 2 aromatic rings. The van der Waals surface area contributed by atoms with Gasteiger partial charge in [0.1, 0.15) is 5.82 Å². The van der Waals surface area contributed by atoms with E-state index in [9.17, 15) is 14.0 Å². The number of carbonyl (C=O) groups is 2. The van der Waals surface area contributed by atoms with Crippen LogP contribution < -0.4 is 5.32 Å². The molecule has 5 heteroatoms. The first-order valence-corrected chi connectivity index (χ1v) is 7.35. The topological polar surface area (TPSA) is 49.4 Å². The van der Waals surface area contributed by atoms with Crippen molar-refractivity contribution in [1.82, 2.24) is 10.2 Å². The molecule has 0 heterocycles. The van der Waals surface area contributed by atoms with Crippen LogP contribution in [0.2, 0.25) is 0 Å². The molecule has 0 radical (unpaired) electrons. The summed E-state index contributed by atoms with van der Waals surface area (Å²) in [5.41, 5.74) is 1.77. The third kappa shape index (κ3) is 5.54. The fraction of sp³-hybridized carbons (Fsp3) is 0.222. The van der Waals surface area contributed by atoms with E-state index >= 15 is 0 Å². The highest BCUT2D eigenvalue weighted by Gasteiger charge is 2.14. The maximum atomic E-state index is 12.9. The number of nitrogens with zero attached hydrogens (tertiary/aromatic N) is 1. The minimum atomic E-state index is -0.330. The van der Waals surface area contributed by atoms with Gasteiger partial charge in [-0.3, -0.25) is 9.59 Å². The number of rotatable bonds is 6. The number of nitrogens with one attached hydrogen (secondary N) is 1. The van der Waals surface area contributed by atoms with Gasteiger partial charge in [-0.05, 0) is 23.3 Å². The third-order valence-electron chi connectivity index (χ3n) is 3.40. The third-order valence-corrected chi connectivity index (χ3v) is 3.40. The molecule has 23 heavy (non-hydrogen) atoms. The first kappa shape index (κ1) is 16.7. The number of hydrogen-bond acceptors (Lipinski definition) is 2. The van der Waals surface area contributed by atoms with Crippen molar-refractivity contribution in [3.63, 3.8) is 0 Å². The molecule has 0 spiro atoms. The van der Waals surface area contributed by atoms with Gasteiger partial charge in [-0.2, -0.15) is 0 Å². The fourth-order valence-corrected chi connectivity index (χ4v) is 2.11. The summed E-state index contributed by atoms with van der Waals surface area (Å²) in [6.45, 7) is 2.07. The zero-order valence-electron chi connectivity index (χ0n) is 13.0. The van der Waals surface area contributed by atoms with E-state index in [0.29, 0.717) is 6.54 Å². The Bertz CT molecular complexity index is 656. The van der Waals surface area contributed by atoms with Gasteiger partial charge < -0.3 is 10.2 Å². The van der Waals surface area contributed by atoms with E-state index in [2.05, 4.69) is 5.32 Å². The molecule has 0 saturated carbocycles. The Kier molecular flexibility index (Phi) is 5.86. The van der Waals surface area contributed by atoms with Crippen molar-refractivity contribution in [1.29, 1.82) is 0 Å². The Balaban J connectivity index is 1.89. The van der Waals surface area contributed by atoms with Crippen LogP contribution in [0.15, 0.2) is 54.6 Å². The molecule has 0 bridgehead atoms. The highest BCUT2D eigenvalue weighted by atomic mass is 19.1. The van der Waals surface area contributed by atoms with E-state index in [1.54, 1.807) is 12.1 Å². The Hall–Kier alpha value is -2.69. The lowest BCUT2D eigenvalue weighted by molar-refractivity contribution is -0.135. The number of hydrogen-bond donors (Lipinski definition) is 1. The smallest absolute Gasteiger partial charge is 0.239 e. The monoisotopic (exact) mass is 314 g/mol. The first-order valence-electron chi connectivity index (χ1n) is 7.35. The molecule has 0 aliphatic rings. The van der Waals surface area contributed by atoms with Crippen molar-refractivity contribution in [3.8, 4) is 0 Å². The highest BCUT2D eigenvalue weighted by molar-refractivity contribution is 5.83. The molecular weight excluding hydrogens is 295 g/mol. The van der Waals surface area contributed by atoms with E-state index < -0.39 is 0 Å². The molecule has 120 valence electrons. The Morgan fingerprint density at radius 2 is 1.65 bits per heavy atom. The van der Waals surface area contributed by atoms with Crippen LogP contribution in [0.25, 0.3) is 0 Å². The van der Waals surface area contributed by atoms with Gasteiger partial charge in [0.25, 0.3) is 0 Å². The van der Waals surface area contributed by atoms with Crippen LogP contribution in [0, 0.1) is 5.82 Å². The van der Waals surface area contributed by atoms with E-state index in [-0.39, 0.29) is 30.7 Å². The van der Waals surface area contributed by atoms with Crippen LogP contribution in [0.4, 0.5) is 4.39 Å². The lowest BCUT2D eigenvalue weighted by Gasteiger charge is -2.20. The molecule has 1 N–H and O–H groups in total. The molecule has 0 fully saturated rings. The molecule has 2 amide bonds. The van der Waals surface area contributed by atoms with Crippen LogP contribution in [0.1, 0.15) is 18.1 Å². The van der Waals surface area contributed by atoms with E-state index in [1.807, 2.05) is 30.3 Å². The van der Waals surface area contributed by atoms with Gasteiger partial charge in [-0.25, -0.2) is 4.39 Å². The van der Waals surface area contributed by atoms with Gasteiger partial charge >= 0.3 is 0 Å². The summed E-state index contributed by atoms with van der Waals surface area (Å²) < 4.78 is 12.9. The quantitative estimate of drug-likeness (QED) is 0.890. The van der Waals surface area contributed by atoms with Crippen molar-refractivity contribution in [3.05, 3.63) is 71.5 Å². The van der Waals surface area contributed by atoms with Crippen molar-refractivity contribution >= 4 is 11.8 Å². The van der Waals surface area contributed by atoms with E-state index in [1.165, 1.54) is 24.0 Å². The Morgan fingerprint density at radius 1 is 1.00 bits per heavy atom. The molecular formula is C18H19FN2O2. The largest absolute Gasteiger partial charge is 0.350 e. The van der Waals surface area contributed by atoms with Crippen LogP contribution in [0.3, 0.4) is 0 Å². The number of halogens is 1. The second kappa shape index (κ2) is 8.08. The molecule has 0 saturated heterocycles. The molecule has 0 unspecified atom stereocenters. The molecule has 0 aliphatic heterocycles. The molecule has 0 atom stereocenters. The van der Waals surface area contributed by atoms with Gasteiger partial charge in [0.15, 0.2) is 0 Å². The van der Waals surface area contributed by atoms with Crippen molar-refractivity contribution in [2.45, 2.75) is 20.0 Å². The fourth-order valence-electron chi connectivity index (χ4n) is 2.11. The van der Waals surface area contributed by atoms with Gasteiger partial charge in [-0.1, -0.05) is 42.5 Å². The van der Waals surface area contributed by atoms with E-state index in [4.69, 9.17) is 0 Å². The second-order valence-corrected chi connectivity index (χ2v) is 5.26. The number of amides is 2. The minimum Gasteiger partial charge on any atom is -0.350 e. The van der Waals surface area contributed by atoms with Crippen LogP contribution in [0.5, 0.6) is 0 Å². The predicted octanol–water partition coefficient (Wildman–Crippen LogP) is 2.49. The maximum absolute atomic E-state index is 12.9. The normalized spacial score (nSPS) is 10.2. The van der Waals surface area contributed by atoms with E-state index in [0.717, 1.165) is 11.1 Å². The lowest BCUT2D eigenvalue weighted by atomic mass is 10.2.